The monoisotopic (exact) mass is 1820 g/mol. The van der Waals surface area contributed by atoms with Gasteiger partial charge in [-0.15, -0.1) is 0 Å². The standard InChI is InChI=1S/C34H41FN4O5.C25H27FN4O.C24H25FN4O.C22H27N3O4/c1-33(2,3)43-31(41)37-26-19-25(35)11-9-22(26)18-28(40)24-17-23-10-12-27(29(21-7-8-21)30(23)36-20-24)38-13-15-39(16-14-38)32(42)44-34(4,5)6;1-29-8-10-30(11-9-29)22-7-5-18-12-19(15-28-25(18)24(22)16-2-3-16)23(31)13-17-4-6-20(26)14-21(17)27;25-19-5-3-16(20(26)13-19)12-22(30)18-11-17-4-6-21(29-9-7-27-8-10-29)23(15-1-2-15)24(17)28-14-18;1-22(2,3)29-21(28)25-10-8-24(9-11-25)17-7-6-15-12-16(20(26)27)13-23-19(15)18(17)14-4-5-14/h9-12,17,19-21H,7-8,13-16,18H2,1-6H3,(H,37,41);4-7,12,14-16H,2-3,8-11,13,27H2,1H3;3-6,11,13-15,27H,1-2,7-10,12,26H2;6-7,12-14H,4-5,8-11H2,1-3H3,(H,26,27). The van der Waals surface area contributed by atoms with Gasteiger partial charge in [-0.25, -0.2) is 32.3 Å². The summed E-state index contributed by atoms with van der Waals surface area (Å²) < 4.78 is 57.0. The molecule has 702 valence electrons. The van der Waals surface area contributed by atoms with Crippen LogP contribution in [0.1, 0.15) is 218 Å². The number of ketones is 3. The number of pyridine rings is 4. The zero-order chi connectivity index (χ0) is 94.8. The Hall–Kier alpha value is -13.0. The molecule has 4 saturated heterocycles. The Kier molecular flexibility index (Phi) is 27.9. The second-order valence-electron chi connectivity index (χ2n) is 39.4. The number of benzene rings is 7. The fraction of sp³-hybridized carbons (Fsp3) is 0.419. The van der Waals surface area contributed by atoms with Crippen molar-refractivity contribution in [3.05, 3.63) is 231 Å². The zero-order valence-corrected chi connectivity index (χ0v) is 78.1. The highest BCUT2D eigenvalue weighted by atomic mass is 19.1. The maximum Gasteiger partial charge on any atom is 0.412 e. The number of ether oxygens (including phenoxy) is 3. The van der Waals surface area contributed by atoms with Gasteiger partial charge in [0.1, 0.15) is 34.3 Å². The lowest BCUT2D eigenvalue weighted by molar-refractivity contribution is 0.0230. The lowest BCUT2D eigenvalue weighted by Crippen LogP contribution is -2.50. The summed E-state index contributed by atoms with van der Waals surface area (Å²) >= 11 is 0. The average Bonchev–Trinajstić information content (AvgIpc) is 1.58. The summed E-state index contributed by atoms with van der Waals surface area (Å²) in [6.07, 6.45) is 14.6. The van der Waals surface area contributed by atoms with Crippen molar-refractivity contribution in [2.75, 3.05) is 148 Å². The van der Waals surface area contributed by atoms with Crippen molar-refractivity contribution in [3.8, 4) is 0 Å². The summed E-state index contributed by atoms with van der Waals surface area (Å²) in [7, 11) is 2.17. The molecule has 8 heterocycles. The number of aromatic carboxylic acids is 1. The van der Waals surface area contributed by atoms with E-state index in [9.17, 15) is 51.8 Å². The highest BCUT2D eigenvalue weighted by Crippen LogP contribution is 2.52. The largest absolute Gasteiger partial charge is 0.478 e. The minimum absolute atomic E-state index is 0.0475. The Bertz CT molecular complexity index is 6310. The Morgan fingerprint density at radius 2 is 0.687 bits per heavy atom. The van der Waals surface area contributed by atoms with Gasteiger partial charge in [-0.1, -0.05) is 42.5 Å². The van der Waals surface area contributed by atoms with Crippen molar-refractivity contribution in [2.24, 2.45) is 0 Å². The number of amides is 3. The molecule has 29 heteroatoms. The summed E-state index contributed by atoms with van der Waals surface area (Å²) in [6.45, 7) is 29.8. The molecule has 26 nitrogen and oxygen atoms in total. The fourth-order valence-corrected chi connectivity index (χ4v) is 18.0. The minimum atomic E-state index is -0.963. The van der Waals surface area contributed by atoms with Gasteiger partial charge in [0.15, 0.2) is 17.3 Å². The number of nitrogens with two attached hydrogens (primary N) is 2. The minimum Gasteiger partial charge on any atom is -0.478 e. The van der Waals surface area contributed by atoms with E-state index in [1.807, 2.05) is 71.9 Å². The van der Waals surface area contributed by atoms with E-state index in [1.54, 1.807) is 67.4 Å². The predicted octanol–water partition coefficient (Wildman–Crippen LogP) is 18.6. The van der Waals surface area contributed by atoms with Crippen LogP contribution in [-0.4, -0.2) is 210 Å². The first-order valence-corrected chi connectivity index (χ1v) is 46.7. The molecule has 0 unspecified atom stereocenters. The number of likely N-dealkylation sites (N-methyl/N-ethyl adjacent to an activating group) is 1. The molecule has 4 aliphatic heterocycles. The zero-order valence-electron chi connectivity index (χ0n) is 78.1. The number of hydrogen-bond acceptors (Lipinski definition) is 22. The number of anilines is 7. The van der Waals surface area contributed by atoms with Crippen molar-refractivity contribution in [1.82, 2.24) is 40.0 Å². The molecule has 8 aliphatic rings. The quantitative estimate of drug-likeness (QED) is 0.0285. The summed E-state index contributed by atoms with van der Waals surface area (Å²) in [6, 6.07) is 36.3. The molecular weight excluding hydrogens is 1700 g/mol. The number of aromatic nitrogens is 4. The number of carbonyl (C=O) groups is 7. The summed E-state index contributed by atoms with van der Waals surface area (Å²) in [5.74, 6) is -0.622. The molecular formula is C105H120F3N15O11. The van der Waals surface area contributed by atoms with Gasteiger partial charge in [-0.2, -0.15) is 0 Å². The number of nitrogens with one attached hydrogen (secondary N) is 2. The van der Waals surface area contributed by atoms with Crippen LogP contribution in [0.2, 0.25) is 0 Å². The lowest BCUT2D eigenvalue weighted by atomic mass is 9.98. The van der Waals surface area contributed by atoms with E-state index >= 15 is 0 Å². The van der Waals surface area contributed by atoms with E-state index in [4.69, 9.17) is 40.6 Å². The highest BCUT2D eigenvalue weighted by molar-refractivity contribution is 6.05. The molecule has 4 aromatic heterocycles. The smallest absolute Gasteiger partial charge is 0.412 e. The number of piperazine rings is 4. The van der Waals surface area contributed by atoms with E-state index in [-0.39, 0.29) is 60.0 Å². The molecule has 4 aliphatic carbocycles. The molecule has 0 bridgehead atoms. The van der Waals surface area contributed by atoms with Crippen LogP contribution in [0.15, 0.2) is 152 Å². The maximum atomic E-state index is 14.0. The van der Waals surface area contributed by atoms with Crippen molar-refractivity contribution < 1.29 is 66.1 Å². The first-order valence-electron chi connectivity index (χ1n) is 46.7. The first-order chi connectivity index (χ1) is 64.0. The third-order valence-corrected chi connectivity index (χ3v) is 25.5. The second-order valence-corrected chi connectivity index (χ2v) is 39.4. The number of halogens is 3. The molecule has 7 aromatic carbocycles. The molecule has 3 amide bonds. The van der Waals surface area contributed by atoms with Crippen LogP contribution in [0, 0.1) is 17.5 Å². The third-order valence-electron chi connectivity index (χ3n) is 25.5. The van der Waals surface area contributed by atoms with E-state index in [2.05, 4.69) is 83.6 Å². The molecule has 7 N–H and O–H groups in total. The van der Waals surface area contributed by atoms with Gasteiger partial charge >= 0.3 is 24.2 Å². The molecule has 0 spiro atoms. The van der Waals surface area contributed by atoms with Crippen LogP contribution in [0.5, 0.6) is 0 Å². The van der Waals surface area contributed by atoms with Crippen molar-refractivity contribution in [1.29, 1.82) is 0 Å². The fourth-order valence-electron chi connectivity index (χ4n) is 18.0. The number of carboxylic acid groups (broad SMARTS) is 1. The number of hydrogen-bond donors (Lipinski definition) is 5. The van der Waals surface area contributed by atoms with Gasteiger partial charge in [0.05, 0.1) is 33.3 Å². The number of Topliss-reactive ketones (excluding diaryl/α,β-unsaturated/α-hetero) is 3. The normalized spacial score (nSPS) is 16.7. The van der Waals surface area contributed by atoms with Crippen LogP contribution in [0.4, 0.5) is 67.4 Å². The van der Waals surface area contributed by atoms with Crippen molar-refractivity contribution in [3.63, 3.8) is 0 Å². The highest BCUT2D eigenvalue weighted by Gasteiger charge is 2.38. The SMILES string of the molecule is CC(C)(C)OC(=O)N1CCN(c2ccc3cc(C(=O)O)cnc3c2C2CC2)CC1.CC(C)(C)OC(=O)Nc1cc(F)ccc1CC(=O)c1cnc2c(C3CC3)c(N3CCN(C(=O)OC(C)(C)C)CC3)ccc2c1.CN1CCN(c2ccc3cc(C(=O)Cc4ccc(F)cc4N)cnc3c2C2CC2)CC1.Nc1cc(F)ccc1CC(=O)c1cnc2c(C3CC3)c(N3CCNCC3)ccc2c1. The number of carboxylic acids is 1. The Balaban J connectivity index is 0.000000132. The molecule has 0 radical (unpaired) electrons. The molecule has 4 saturated carbocycles. The van der Waals surface area contributed by atoms with Crippen LogP contribution in [-0.2, 0) is 33.5 Å². The lowest BCUT2D eigenvalue weighted by Gasteiger charge is -2.37. The Morgan fingerprint density at radius 3 is 1.01 bits per heavy atom. The number of carbonyl (C=O) groups excluding carboxylic acids is 6. The molecule has 19 rings (SSSR count). The third kappa shape index (κ3) is 23.2. The molecule has 134 heavy (non-hydrogen) atoms. The molecule has 8 fully saturated rings. The number of nitrogens with zero attached hydrogens (tertiary/aromatic N) is 11. The molecule has 11 aromatic rings. The summed E-state index contributed by atoms with van der Waals surface area (Å²) in [4.78, 5) is 122. The maximum absolute atomic E-state index is 14.0. The van der Waals surface area contributed by atoms with Crippen LogP contribution in [0.3, 0.4) is 0 Å². The van der Waals surface area contributed by atoms with Gasteiger partial charge in [-0.3, -0.25) is 39.6 Å². The first kappa shape index (κ1) is 94.2. The summed E-state index contributed by atoms with van der Waals surface area (Å²) in [5.41, 5.74) is 28.0. The van der Waals surface area contributed by atoms with Crippen molar-refractivity contribution >= 4 is 125 Å². The van der Waals surface area contributed by atoms with Gasteiger partial charge in [0.25, 0.3) is 0 Å². The number of nitrogen functional groups attached to an aromatic ring is 2. The average molecular weight is 1830 g/mol. The van der Waals surface area contributed by atoms with Gasteiger partial charge < -0.3 is 70.4 Å². The second kappa shape index (κ2) is 39.6. The Morgan fingerprint density at radius 1 is 0.388 bits per heavy atom. The van der Waals surface area contributed by atoms with Crippen molar-refractivity contribution in [2.45, 2.75) is 173 Å². The van der Waals surface area contributed by atoms with E-state index < -0.39 is 46.3 Å². The van der Waals surface area contributed by atoms with Gasteiger partial charge in [0.2, 0.25) is 0 Å². The van der Waals surface area contributed by atoms with E-state index in [0.717, 1.165) is 146 Å². The number of fused-ring (bicyclic) bond motifs is 4. The van der Waals surface area contributed by atoms with Crippen LogP contribution in [0.25, 0.3) is 43.6 Å². The Labute approximate surface area is 779 Å². The predicted molar refractivity (Wildman–Crippen MR) is 519 cm³/mol. The molecule has 0 atom stereocenters. The van der Waals surface area contributed by atoms with E-state index in [0.29, 0.717) is 108 Å². The number of rotatable bonds is 19. The van der Waals surface area contributed by atoms with Crippen LogP contribution >= 0.6 is 0 Å². The van der Waals surface area contributed by atoms with Gasteiger partial charge in [-0.05, 0) is 246 Å². The topological polar surface area (TPSA) is 318 Å². The van der Waals surface area contributed by atoms with E-state index in [1.165, 1.54) is 108 Å². The van der Waals surface area contributed by atoms with Crippen LogP contribution < -0.4 is 41.7 Å². The van der Waals surface area contributed by atoms with Gasteiger partial charge in [0, 0.05) is 243 Å². The summed E-state index contributed by atoms with van der Waals surface area (Å²) in [5, 5.41) is 19.0.